The first kappa shape index (κ1) is 14.3. The van der Waals surface area contributed by atoms with Crippen molar-refractivity contribution in [1.82, 2.24) is 10.2 Å². The maximum absolute atomic E-state index is 10.0. The van der Waals surface area contributed by atoms with Crippen molar-refractivity contribution in [1.29, 1.82) is 0 Å². The van der Waals surface area contributed by atoms with Crippen molar-refractivity contribution in [3.8, 4) is 0 Å². The van der Waals surface area contributed by atoms with Crippen molar-refractivity contribution in [2.24, 2.45) is 5.92 Å². The van der Waals surface area contributed by atoms with Crippen molar-refractivity contribution in [3.63, 3.8) is 0 Å². The second-order valence-corrected chi connectivity index (χ2v) is 6.37. The molecule has 0 radical (unpaired) electrons. The molecule has 16 heavy (non-hydrogen) atoms. The zero-order valence-corrected chi connectivity index (χ0v) is 11.6. The lowest BCUT2D eigenvalue weighted by atomic mass is 9.93. The lowest BCUT2D eigenvalue weighted by Gasteiger charge is -2.29. The summed E-state index contributed by atoms with van der Waals surface area (Å²) in [6.45, 7) is 11.2. The van der Waals surface area contributed by atoms with Crippen LogP contribution in [0.25, 0.3) is 0 Å². The van der Waals surface area contributed by atoms with Gasteiger partial charge in [-0.05, 0) is 12.8 Å². The fourth-order valence-electron chi connectivity index (χ4n) is 1.61. The van der Waals surface area contributed by atoms with Crippen molar-refractivity contribution in [2.75, 3.05) is 44.2 Å². The van der Waals surface area contributed by atoms with Gasteiger partial charge >= 0.3 is 0 Å². The molecule has 0 aromatic rings. The Balaban J connectivity index is 2.06. The van der Waals surface area contributed by atoms with E-state index in [1.165, 1.54) is 24.6 Å². The van der Waals surface area contributed by atoms with E-state index in [4.69, 9.17) is 0 Å². The molecule has 4 heteroatoms. The average Bonchev–Trinajstić information content (AvgIpc) is 2.26. The van der Waals surface area contributed by atoms with Crippen LogP contribution >= 0.6 is 11.8 Å². The van der Waals surface area contributed by atoms with Gasteiger partial charge in [0.25, 0.3) is 0 Å². The molecule has 0 aliphatic carbocycles. The number of nitrogens with zero attached hydrogens (tertiary/aromatic N) is 1. The molecular weight excluding hydrogens is 220 g/mol. The molecule has 0 bridgehead atoms. The highest BCUT2D eigenvalue weighted by atomic mass is 32.2. The predicted octanol–water partition coefficient (Wildman–Crippen LogP) is 1.03. The van der Waals surface area contributed by atoms with Crippen molar-refractivity contribution >= 4 is 11.8 Å². The molecule has 1 heterocycles. The van der Waals surface area contributed by atoms with Crippen LogP contribution in [0.3, 0.4) is 0 Å². The normalized spacial score (nSPS) is 22.3. The summed E-state index contributed by atoms with van der Waals surface area (Å²) in [4.78, 5) is 2.49. The first-order chi connectivity index (χ1) is 7.52. The molecule has 0 aromatic carbocycles. The van der Waals surface area contributed by atoms with Crippen LogP contribution < -0.4 is 5.32 Å². The van der Waals surface area contributed by atoms with Crippen LogP contribution in [0, 0.1) is 5.92 Å². The fraction of sp³-hybridized carbons (Fsp3) is 1.00. The van der Waals surface area contributed by atoms with Gasteiger partial charge in [-0.3, -0.25) is 0 Å². The number of thioether (sulfide) groups is 1. The molecule has 0 amide bonds. The standard InChI is InChI=1S/C12H26N2OS/c1-11(2)12(3,15)10-13-4-5-14-6-8-16-9-7-14/h11,13,15H,4-10H2,1-3H3. The molecule has 2 N–H and O–H groups in total. The zero-order valence-electron chi connectivity index (χ0n) is 10.8. The van der Waals surface area contributed by atoms with Gasteiger partial charge in [-0.1, -0.05) is 13.8 Å². The molecule has 0 aromatic heterocycles. The molecule has 1 unspecified atom stereocenters. The van der Waals surface area contributed by atoms with Crippen molar-refractivity contribution in [2.45, 2.75) is 26.4 Å². The molecule has 1 fully saturated rings. The van der Waals surface area contributed by atoms with Gasteiger partial charge in [-0.2, -0.15) is 11.8 Å². The van der Waals surface area contributed by atoms with Crippen LogP contribution in [0.4, 0.5) is 0 Å². The van der Waals surface area contributed by atoms with E-state index in [-0.39, 0.29) is 0 Å². The third-order valence-electron chi connectivity index (χ3n) is 3.44. The lowest BCUT2D eigenvalue weighted by molar-refractivity contribution is 0.0140. The summed E-state index contributed by atoms with van der Waals surface area (Å²) < 4.78 is 0. The van der Waals surface area contributed by atoms with Crippen LogP contribution in [-0.4, -0.2) is 59.8 Å². The molecule has 3 nitrogen and oxygen atoms in total. The van der Waals surface area contributed by atoms with Gasteiger partial charge in [0.05, 0.1) is 5.60 Å². The van der Waals surface area contributed by atoms with Crippen molar-refractivity contribution in [3.05, 3.63) is 0 Å². The molecule has 1 saturated heterocycles. The molecule has 1 rings (SSSR count). The summed E-state index contributed by atoms with van der Waals surface area (Å²) in [6.07, 6.45) is 0. The Labute approximate surface area is 104 Å². The summed E-state index contributed by atoms with van der Waals surface area (Å²) in [5.74, 6) is 2.83. The molecule has 1 atom stereocenters. The maximum Gasteiger partial charge on any atom is 0.0766 e. The number of nitrogens with one attached hydrogen (secondary N) is 1. The van der Waals surface area contributed by atoms with Crippen LogP contribution in [0.1, 0.15) is 20.8 Å². The van der Waals surface area contributed by atoms with E-state index in [0.717, 1.165) is 13.1 Å². The lowest BCUT2D eigenvalue weighted by Crippen LogP contribution is -2.45. The minimum Gasteiger partial charge on any atom is -0.389 e. The van der Waals surface area contributed by atoms with Gasteiger partial charge < -0.3 is 15.3 Å². The van der Waals surface area contributed by atoms with Crippen LogP contribution in [-0.2, 0) is 0 Å². The van der Waals surface area contributed by atoms with E-state index in [9.17, 15) is 5.11 Å². The number of aliphatic hydroxyl groups is 1. The molecule has 1 aliphatic heterocycles. The van der Waals surface area contributed by atoms with Crippen LogP contribution in [0.5, 0.6) is 0 Å². The quantitative estimate of drug-likeness (QED) is 0.686. The first-order valence-corrected chi connectivity index (χ1v) is 7.41. The van der Waals surface area contributed by atoms with Gasteiger partial charge in [0.15, 0.2) is 0 Å². The number of hydrogen-bond acceptors (Lipinski definition) is 4. The molecule has 96 valence electrons. The number of hydrogen-bond donors (Lipinski definition) is 2. The molecule has 0 saturated carbocycles. The van der Waals surface area contributed by atoms with E-state index in [1.54, 1.807) is 0 Å². The second-order valence-electron chi connectivity index (χ2n) is 5.14. The monoisotopic (exact) mass is 246 g/mol. The molecule has 1 aliphatic rings. The first-order valence-electron chi connectivity index (χ1n) is 6.25. The highest BCUT2D eigenvalue weighted by Gasteiger charge is 2.23. The summed E-state index contributed by atoms with van der Waals surface area (Å²) in [5.41, 5.74) is -0.586. The highest BCUT2D eigenvalue weighted by Crippen LogP contribution is 2.14. The topological polar surface area (TPSA) is 35.5 Å². The van der Waals surface area contributed by atoms with Gasteiger partial charge in [-0.25, -0.2) is 0 Å². The Kier molecular flexibility index (Phi) is 6.11. The van der Waals surface area contributed by atoms with E-state index in [0.29, 0.717) is 12.5 Å². The zero-order chi connectivity index (χ0) is 12.0. The highest BCUT2D eigenvalue weighted by molar-refractivity contribution is 7.99. The molecular formula is C12H26N2OS. The fourth-order valence-corrected chi connectivity index (χ4v) is 2.59. The van der Waals surface area contributed by atoms with Gasteiger partial charge in [0, 0.05) is 44.2 Å². The summed E-state index contributed by atoms with van der Waals surface area (Å²) in [7, 11) is 0. The SMILES string of the molecule is CC(C)C(C)(O)CNCCN1CCSCC1. The number of rotatable bonds is 6. The Bertz CT molecular complexity index is 191. The Hall–Kier alpha value is 0.230. The van der Waals surface area contributed by atoms with Crippen molar-refractivity contribution < 1.29 is 5.11 Å². The van der Waals surface area contributed by atoms with E-state index < -0.39 is 5.60 Å². The molecule has 0 spiro atoms. The predicted molar refractivity (Wildman–Crippen MR) is 72.1 cm³/mol. The van der Waals surface area contributed by atoms with E-state index in [2.05, 4.69) is 24.1 Å². The summed E-state index contributed by atoms with van der Waals surface area (Å²) >= 11 is 2.04. The minimum absolute atomic E-state index is 0.298. The average molecular weight is 246 g/mol. The van der Waals surface area contributed by atoms with Gasteiger partial charge in [0.2, 0.25) is 0 Å². The van der Waals surface area contributed by atoms with E-state index in [1.807, 2.05) is 18.7 Å². The van der Waals surface area contributed by atoms with Gasteiger partial charge in [-0.15, -0.1) is 0 Å². The Morgan fingerprint density at radius 2 is 2.00 bits per heavy atom. The van der Waals surface area contributed by atoms with Crippen LogP contribution in [0.15, 0.2) is 0 Å². The van der Waals surface area contributed by atoms with E-state index >= 15 is 0 Å². The Morgan fingerprint density at radius 3 is 2.56 bits per heavy atom. The third-order valence-corrected chi connectivity index (χ3v) is 4.38. The van der Waals surface area contributed by atoms with Crippen LogP contribution in [0.2, 0.25) is 0 Å². The largest absolute Gasteiger partial charge is 0.389 e. The smallest absolute Gasteiger partial charge is 0.0766 e. The Morgan fingerprint density at radius 1 is 1.38 bits per heavy atom. The summed E-state index contributed by atoms with van der Waals surface area (Å²) in [6, 6.07) is 0. The minimum atomic E-state index is -0.586. The maximum atomic E-state index is 10.0. The third kappa shape index (κ3) is 5.04. The van der Waals surface area contributed by atoms with Gasteiger partial charge in [0.1, 0.15) is 0 Å². The second kappa shape index (κ2) is 6.84. The summed E-state index contributed by atoms with van der Waals surface area (Å²) in [5, 5.41) is 13.4.